The zero-order valence-electron chi connectivity index (χ0n) is 14.3. The van der Waals surface area contributed by atoms with Gasteiger partial charge < -0.3 is 20.1 Å². The van der Waals surface area contributed by atoms with Crippen LogP contribution in [0.3, 0.4) is 0 Å². The third-order valence-corrected chi connectivity index (χ3v) is 5.14. The Morgan fingerprint density at radius 2 is 2.08 bits per heavy atom. The second-order valence-corrected chi connectivity index (χ2v) is 6.84. The minimum absolute atomic E-state index is 0.256. The van der Waals surface area contributed by atoms with E-state index in [1.54, 1.807) is 19.9 Å². The molecule has 6 nitrogen and oxygen atoms in total. The molecule has 1 atom stereocenters. The molecular formula is C17H22N2O4S2. The molecule has 1 aliphatic rings. The van der Waals surface area contributed by atoms with Crippen LogP contribution < -0.4 is 10.6 Å². The molecule has 0 radical (unpaired) electrons. The lowest BCUT2D eigenvalue weighted by Crippen LogP contribution is -2.29. The minimum Gasteiger partial charge on any atom is -0.466 e. The van der Waals surface area contributed by atoms with Crippen molar-refractivity contribution < 1.29 is 19.1 Å². The Morgan fingerprint density at radius 3 is 2.72 bits per heavy atom. The van der Waals surface area contributed by atoms with Crippen molar-refractivity contribution in [3.05, 3.63) is 28.7 Å². The fourth-order valence-electron chi connectivity index (χ4n) is 2.75. The Bertz CT molecular complexity index is 684. The Labute approximate surface area is 156 Å². The van der Waals surface area contributed by atoms with Gasteiger partial charge in [-0.25, -0.2) is 4.79 Å². The van der Waals surface area contributed by atoms with E-state index in [4.69, 9.17) is 21.7 Å². The van der Waals surface area contributed by atoms with Gasteiger partial charge in [-0.3, -0.25) is 4.79 Å². The second kappa shape index (κ2) is 8.96. The first-order valence-electron chi connectivity index (χ1n) is 8.18. The largest absolute Gasteiger partial charge is 0.466 e. The van der Waals surface area contributed by atoms with Crippen LogP contribution in [0.25, 0.3) is 0 Å². The highest BCUT2D eigenvalue weighted by atomic mass is 32.1. The van der Waals surface area contributed by atoms with Gasteiger partial charge >= 0.3 is 11.9 Å². The zero-order valence-corrected chi connectivity index (χ0v) is 16.0. The maximum Gasteiger partial charge on any atom is 0.341 e. The maximum absolute atomic E-state index is 12.5. The molecule has 136 valence electrons. The molecule has 0 aliphatic heterocycles. The lowest BCUT2D eigenvalue weighted by atomic mass is 9.99. The maximum atomic E-state index is 12.5. The van der Waals surface area contributed by atoms with Crippen molar-refractivity contribution in [2.45, 2.75) is 32.6 Å². The quantitative estimate of drug-likeness (QED) is 0.426. The molecule has 0 spiro atoms. The average Bonchev–Trinajstić information content (AvgIpc) is 3.11. The van der Waals surface area contributed by atoms with Crippen LogP contribution in [0.1, 0.15) is 47.0 Å². The van der Waals surface area contributed by atoms with Crippen LogP contribution >= 0.6 is 23.6 Å². The molecule has 0 aromatic carbocycles. The summed E-state index contributed by atoms with van der Waals surface area (Å²) < 4.78 is 10.4. The number of thiocarbonyl (C=S) groups is 1. The molecule has 1 aliphatic carbocycles. The molecule has 2 rings (SSSR count). The molecule has 2 N–H and O–H groups in total. The van der Waals surface area contributed by atoms with E-state index in [1.807, 2.05) is 0 Å². The molecule has 1 aromatic heterocycles. The number of aryl methyl sites for hydroxylation is 1. The normalized spacial score (nSPS) is 15.2. The Kier molecular flexibility index (Phi) is 6.95. The fraction of sp³-hybridized carbons (Fsp3) is 0.471. The first-order chi connectivity index (χ1) is 12.0. The van der Waals surface area contributed by atoms with E-state index in [0.29, 0.717) is 35.2 Å². The number of hydrogen-bond acceptors (Lipinski definition) is 6. The van der Waals surface area contributed by atoms with E-state index in [1.165, 1.54) is 11.3 Å². The predicted molar refractivity (Wildman–Crippen MR) is 102 cm³/mol. The van der Waals surface area contributed by atoms with Crippen molar-refractivity contribution in [1.82, 2.24) is 5.32 Å². The highest BCUT2D eigenvalue weighted by Crippen LogP contribution is 2.45. The SMILES string of the molecule is C=CCNC(=S)Nc1sc2c(c1C(=O)OCC)C(C(=O)OCC)CC2. The summed E-state index contributed by atoms with van der Waals surface area (Å²) in [5, 5.41) is 6.99. The summed E-state index contributed by atoms with van der Waals surface area (Å²) in [4.78, 5) is 25.8. The molecule has 25 heavy (non-hydrogen) atoms. The molecule has 0 saturated carbocycles. The summed E-state index contributed by atoms with van der Waals surface area (Å²) in [6.07, 6.45) is 3.06. The fourth-order valence-corrected chi connectivity index (χ4v) is 4.27. The molecule has 1 unspecified atom stereocenters. The molecule has 0 saturated heterocycles. The van der Waals surface area contributed by atoms with Gasteiger partial charge in [-0.2, -0.15) is 0 Å². The summed E-state index contributed by atoms with van der Waals surface area (Å²) in [5.74, 6) is -1.19. The lowest BCUT2D eigenvalue weighted by Gasteiger charge is -2.14. The molecule has 0 fully saturated rings. The van der Waals surface area contributed by atoms with Gasteiger partial charge in [-0.1, -0.05) is 6.08 Å². The molecular weight excluding hydrogens is 360 g/mol. The zero-order chi connectivity index (χ0) is 18.4. The number of carbonyl (C=O) groups is 2. The van der Waals surface area contributed by atoms with E-state index in [9.17, 15) is 9.59 Å². The smallest absolute Gasteiger partial charge is 0.341 e. The monoisotopic (exact) mass is 382 g/mol. The first-order valence-corrected chi connectivity index (χ1v) is 9.40. The number of anilines is 1. The molecule has 0 bridgehead atoms. The number of carbonyl (C=O) groups excluding carboxylic acids is 2. The number of hydrogen-bond donors (Lipinski definition) is 2. The molecule has 1 aromatic rings. The third kappa shape index (κ3) is 4.38. The van der Waals surface area contributed by atoms with Crippen LogP contribution in [-0.2, 0) is 20.7 Å². The Hall–Kier alpha value is -1.93. The van der Waals surface area contributed by atoms with Gasteiger partial charge in [0.1, 0.15) is 5.00 Å². The van der Waals surface area contributed by atoms with Crippen LogP contribution in [0.2, 0.25) is 0 Å². The van der Waals surface area contributed by atoms with Crippen molar-refractivity contribution in [3.63, 3.8) is 0 Å². The number of nitrogens with one attached hydrogen (secondary N) is 2. The molecule has 0 amide bonds. The van der Waals surface area contributed by atoms with Crippen LogP contribution in [0.4, 0.5) is 5.00 Å². The van der Waals surface area contributed by atoms with Gasteiger partial charge in [-0.15, -0.1) is 17.9 Å². The van der Waals surface area contributed by atoms with E-state index in [0.717, 1.165) is 16.9 Å². The Morgan fingerprint density at radius 1 is 1.36 bits per heavy atom. The van der Waals surface area contributed by atoms with Crippen LogP contribution in [0, 0.1) is 0 Å². The number of fused-ring (bicyclic) bond motifs is 1. The predicted octanol–water partition coefficient (Wildman–Crippen LogP) is 2.99. The number of thiophene rings is 1. The van der Waals surface area contributed by atoms with E-state index in [2.05, 4.69) is 17.2 Å². The van der Waals surface area contributed by atoms with E-state index >= 15 is 0 Å². The lowest BCUT2D eigenvalue weighted by molar-refractivity contribution is -0.144. The van der Waals surface area contributed by atoms with E-state index in [-0.39, 0.29) is 12.6 Å². The van der Waals surface area contributed by atoms with Crippen LogP contribution in [0.5, 0.6) is 0 Å². The number of rotatable bonds is 7. The van der Waals surface area contributed by atoms with Crippen molar-refractivity contribution in [1.29, 1.82) is 0 Å². The van der Waals surface area contributed by atoms with E-state index < -0.39 is 11.9 Å². The highest BCUT2D eigenvalue weighted by molar-refractivity contribution is 7.80. The summed E-state index contributed by atoms with van der Waals surface area (Å²) in [6.45, 7) is 8.22. The first kappa shape index (κ1) is 19.4. The second-order valence-electron chi connectivity index (χ2n) is 5.33. The standard InChI is InChI=1S/C17H22N2O4S2/c1-4-9-18-17(24)19-14-13(16(21)23-6-3)12-10(15(20)22-5-2)7-8-11(12)25-14/h4,10H,1,5-9H2,2-3H3,(H2,18,19,24). The van der Waals surface area contributed by atoms with Gasteiger partial charge in [0.05, 0.1) is 24.7 Å². The van der Waals surface area contributed by atoms with Crippen molar-refractivity contribution in [2.75, 3.05) is 25.1 Å². The summed E-state index contributed by atoms with van der Waals surface area (Å²) in [6, 6.07) is 0. The average molecular weight is 383 g/mol. The minimum atomic E-state index is -0.454. The summed E-state index contributed by atoms with van der Waals surface area (Å²) >= 11 is 6.67. The van der Waals surface area contributed by atoms with Gasteiger partial charge in [0.25, 0.3) is 0 Å². The van der Waals surface area contributed by atoms with Crippen LogP contribution in [0.15, 0.2) is 12.7 Å². The van der Waals surface area contributed by atoms with Gasteiger partial charge in [0.15, 0.2) is 5.11 Å². The van der Waals surface area contributed by atoms with Crippen molar-refractivity contribution >= 4 is 45.6 Å². The Balaban J connectivity index is 2.36. The van der Waals surface area contributed by atoms with Gasteiger partial charge in [-0.05, 0) is 44.5 Å². The van der Waals surface area contributed by atoms with Crippen molar-refractivity contribution in [2.24, 2.45) is 0 Å². The topological polar surface area (TPSA) is 76.7 Å². The molecule has 8 heteroatoms. The number of esters is 2. The van der Waals surface area contributed by atoms with Gasteiger partial charge in [0.2, 0.25) is 0 Å². The molecule has 1 heterocycles. The van der Waals surface area contributed by atoms with Crippen LogP contribution in [-0.4, -0.2) is 36.8 Å². The summed E-state index contributed by atoms with van der Waals surface area (Å²) in [7, 11) is 0. The third-order valence-electron chi connectivity index (χ3n) is 3.72. The van der Waals surface area contributed by atoms with Gasteiger partial charge in [0, 0.05) is 11.4 Å². The van der Waals surface area contributed by atoms with Crippen molar-refractivity contribution in [3.8, 4) is 0 Å². The highest BCUT2D eigenvalue weighted by Gasteiger charge is 2.38. The summed E-state index contributed by atoms with van der Waals surface area (Å²) in [5.41, 5.74) is 1.11. The number of ether oxygens (including phenoxy) is 2.